The molecule has 1 heterocycles. The Morgan fingerprint density at radius 3 is 2.79 bits per heavy atom. The molecule has 0 radical (unpaired) electrons. The number of carbonyl (C=O) groups excluding carboxylic acids is 1. The first-order valence-electron chi connectivity index (χ1n) is 7.09. The van der Waals surface area contributed by atoms with E-state index in [1.165, 1.54) is 7.11 Å². The molecule has 1 N–H and O–H groups in total. The molecule has 2 aromatic carbocycles. The molecule has 0 fully saturated rings. The van der Waals surface area contributed by atoms with Gasteiger partial charge < -0.3 is 19.3 Å². The zero-order valence-electron chi connectivity index (χ0n) is 12.7. The lowest BCUT2D eigenvalue weighted by Gasteiger charge is -2.17. The molecule has 5 nitrogen and oxygen atoms in total. The highest BCUT2D eigenvalue weighted by Crippen LogP contribution is 2.40. The maximum Gasteiger partial charge on any atom is 0.346 e. The van der Waals surface area contributed by atoms with E-state index >= 15 is 0 Å². The first-order chi connectivity index (χ1) is 11.4. The van der Waals surface area contributed by atoms with Crippen molar-refractivity contribution < 1.29 is 24.1 Å². The molecule has 0 spiro atoms. The molecular weight excluding hydrogens is 355 g/mol. The van der Waals surface area contributed by atoms with E-state index in [9.17, 15) is 9.90 Å². The Kier molecular flexibility index (Phi) is 4.58. The lowest BCUT2D eigenvalue weighted by Crippen LogP contribution is -2.38. The van der Waals surface area contributed by atoms with Gasteiger partial charge in [-0.3, -0.25) is 0 Å². The van der Waals surface area contributed by atoms with Crippen molar-refractivity contribution in [2.24, 2.45) is 0 Å². The van der Waals surface area contributed by atoms with Crippen molar-refractivity contribution in [1.29, 1.82) is 0 Å². The minimum absolute atomic E-state index is 0.193. The summed E-state index contributed by atoms with van der Waals surface area (Å²) in [6, 6.07) is 9.99. The molecule has 1 aliphatic rings. The van der Waals surface area contributed by atoms with Gasteiger partial charge in [0.05, 0.1) is 7.11 Å². The fourth-order valence-corrected chi connectivity index (χ4v) is 2.91. The Morgan fingerprint density at radius 1 is 1.29 bits per heavy atom. The van der Waals surface area contributed by atoms with Crippen molar-refractivity contribution in [2.75, 3.05) is 13.7 Å². The average Bonchev–Trinajstić information content (AvgIpc) is 2.91. The Hall–Kier alpha value is -1.95. The van der Waals surface area contributed by atoms with Crippen LogP contribution in [0.5, 0.6) is 11.5 Å². The second kappa shape index (κ2) is 6.51. The summed E-state index contributed by atoms with van der Waals surface area (Å²) in [5, 5.41) is 11.5. The van der Waals surface area contributed by atoms with Gasteiger partial charge in [-0.2, -0.15) is 0 Å². The fraction of sp³-hybridized carbons (Fsp3) is 0.235. The standard InChI is InChI=1S/C17H14Cl2O5/c1-22-16(20)17(21)9-24-15-7-12(4-5-13(15)17)23-8-10-2-3-11(18)6-14(10)19/h2-7,21H,8-9H2,1H3. The van der Waals surface area contributed by atoms with Crippen molar-refractivity contribution in [2.45, 2.75) is 12.2 Å². The molecule has 1 aliphatic heterocycles. The van der Waals surface area contributed by atoms with Gasteiger partial charge in [-0.05, 0) is 24.3 Å². The first-order valence-corrected chi connectivity index (χ1v) is 7.84. The van der Waals surface area contributed by atoms with Crippen molar-refractivity contribution in [3.05, 3.63) is 57.6 Å². The topological polar surface area (TPSA) is 65.0 Å². The zero-order valence-corrected chi connectivity index (χ0v) is 14.2. The third-order valence-corrected chi connectivity index (χ3v) is 4.35. The number of carbonyl (C=O) groups is 1. The Labute approximate surface area is 148 Å². The van der Waals surface area contributed by atoms with Crippen LogP contribution in [0.4, 0.5) is 0 Å². The van der Waals surface area contributed by atoms with E-state index in [0.29, 0.717) is 27.1 Å². The molecule has 7 heteroatoms. The van der Waals surface area contributed by atoms with Crippen LogP contribution >= 0.6 is 23.2 Å². The number of hydrogen-bond donors (Lipinski definition) is 1. The van der Waals surface area contributed by atoms with Gasteiger partial charge in [0, 0.05) is 27.2 Å². The average molecular weight is 369 g/mol. The molecule has 0 saturated heterocycles. The molecule has 126 valence electrons. The summed E-state index contributed by atoms with van der Waals surface area (Å²) in [5.41, 5.74) is -0.651. The SMILES string of the molecule is COC(=O)C1(O)COc2cc(OCc3ccc(Cl)cc3Cl)ccc21. The highest BCUT2D eigenvalue weighted by atomic mass is 35.5. The number of methoxy groups -OCH3 is 1. The van der Waals surface area contributed by atoms with Gasteiger partial charge >= 0.3 is 5.97 Å². The van der Waals surface area contributed by atoms with Crippen molar-refractivity contribution >= 4 is 29.2 Å². The molecule has 1 atom stereocenters. The van der Waals surface area contributed by atoms with Crippen LogP contribution in [0.2, 0.25) is 10.0 Å². The minimum Gasteiger partial charge on any atom is -0.489 e. The second-order valence-electron chi connectivity index (χ2n) is 5.32. The highest BCUT2D eigenvalue weighted by Gasteiger charge is 2.47. The van der Waals surface area contributed by atoms with E-state index in [4.69, 9.17) is 32.7 Å². The van der Waals surface area contributed by atoms with Crippen LogP contribution in [0, 0.1) is 0 Å². The summed E-state index contributed by atoms with van der Waals surface area (Å²) in [6.45, 7) is 0.0531. The number of halogens is 2. The predicted octanol–water partition coefficient (Wildman–Crippen LogP) is 3.33. The van der Waals surface area contributed by atoms with Crippen LogP contribution in [0.25, 0.3) is 0 Å². The largest absolute Gasteiger partial charge is 0.489 e. The van der Waals surface area contributed by atoms with Gasteiger partial charge in [0.1, 0.15) is 24.7 Å². The number of aliphatic hydroxyl groups is 1. The summed E-state index contributed by atoms with van der Waals surface area (Å²) in [4.78, 5) is 11.8. The molecule has 0 amide bonds. The first kappa shape index (κ1) is 16.9. The number of benzene rings is 2. The maximum atomic E-state index is 11.8. The second-order valence-corrected chi connectivity index (χ2v) is 6.17. The molecule has 2 aromatic rings. The number of fused-ring (bicyclic) bond motifs is 1. The van der Waals surface area contributed by atoms with Crippen molar-refractivity contribution in [1.82, 2.24) is 0 Å². The van der Waals surface area contributed by atoms with Crippen LogP contribution in [-0.4, -0.2) is 24.8 Å². The van der Waals surface area contributed by atoms with E-state index in [1.807, 2.05) is 0 Å². The maximum absolute atomic E-state index is 11.8. The number of hydrogen-bond acceptors (Lipinski definition) is 5. The van der Waals surface area contributed by atoms with Gasteiger partial charge in [0.25, 0.3) is 0 Å². The fourth-order valence-electron chi connectivity index (χ4n) is 2.45. The van der Waals surface area contributed by atoms with Gasteiger partial charge in [0.15, 0.2) is 0 Å². The zero-order chi connectivity index (χ0) is 17.3. The molecule has 0 aromatic heterocycles. The summed E-state index contributed by atoms with van der Waals surface area (Å²) in [6.07, 6.45) is 0. The molecular formula is C17H14Cl2O5. The van der Waals surface area contributed by atoms with Crippen LogP contribution in [-0.2, 0) is 21.7 Å². The number of rotatable bonds is 4. The molecule has 0 aliphatic carbocycles. The number of ether oxygens (including phenoxy) is 3. The lowest BCUT2D eigenvalue weighted by atomic mass is 9.96. The quantitative estimate of drug-likeness (QED) is 0.838. The lowest BCUT2D eigenvalue weighted by molar-refractivity contribution is -0.164. The minimum atomic E-state index is -1.79. The van der Waals surface area contributed by atoms with Crippen LogP contribution < -0.4 is 9.47 Å². The monoisotopic (exact) mass is 368 g/mol. The van der Waals surface area contributed by atoms with Gasteiger partial charge in [-0.15, -0.1) is 0 Å². The highest BCUT2D eigenvalue weighted by molar-refractivity contribution is 6.35. The molecule has 1 unspecified atom stereocenters. The number of esters is 1. The molecule has 0 bridgehead atoms. The molecule has 0 saturated carbocycles. The third kappa shape index (κ3) is 3.02. The van der Waals surface area contributed by atoms with E-state index < -0.39 is 11.6 Å². The van der Waals surface area contributed by atoms with Gasteiger partial charge in [-0.1, -0.05) is 29.3 Å². The van der Waals surface area contributed by atoms with E-state index in [-0.39, 0.29) is 13.2 Å². The molecule has 3 rings (SSSR count). The van der Waals surface area contributed by atoms with Crippen molar-refractivity contribution in [3.63, 3.8) is 0 Å². The van der Waals surface area contributed by atoms with Gasteiger partial charge in [-0.25, -0.2) is 4.79 Å². The van der Waals surface area contributed by atoms with E-state index in [1.54, 1.807) is 36.4 Å². The van der Waals surface area contributed by atoms with Crippen LogP contribution in [0.1, 0.15) is 11.1 Å². The Balaban J connectivity index is 1.77. The predicted molar refractivity (Wildman–Crippen MR) is 88.6 cm³/mol. The normalized spacial score (nSPS) is 18.7. The van der Waals surface area contributed by atoms with Crippen LogP contribution in [0.15, 0.2) is 36.4 Å². The summed E-state index contributed by atoms with van der Waals surface area (Å²) >= 11 is 12.0. The van der Waals surface area contributed by atoms with E-state index in [2.05, 4.69) is 4.74 Å². The van der Waals surface area contributed by atoms with Crippen LogP contribution in [0.3, 0.4) is 0 Å². The van der Waals surface area contributed by atoms with Gasteiger partial charge in [0.2, 0.25) is 5.60 Å². The van der Waals surface area contributed by atoms with Crippen molar-refractivity contribution in [3.8, 4) is 11.5 Å². The third-order valence-electron chi connectivity index (χ3n) is 3.77. The summed E-state index contributed by atoms with van der Waals surface area (Å²) in [7, 11) is 1.21. The summed E-state index contributed by atoms with van der Waals surface area (Å²) in [5.74, 6) is 0.138. The van der Waals surface area contributed by atoms with E-state index in [0.717, 1.165) is 5.56 Å². The molecule has 24 heavy (non-hydrogen) atoms. The summed E-state index contributed by atoms with van der Waals surface area (Å²) < 4.78 is 15.7. The Morgan fingerprint density at radius 2 is 2.08 bits per heavy atom. The smallest absolute Gasteiger partial charge is 0.346 e. The Bertz CT molecular complexity index is 793.